The molecule has 0 atom stereocenters. The Bertz CT molecular complexity index is 736. The Kier molecular flexibility index (Phi) is 5.93. The lowest BCUT2D eigenvalue weighted by Crippen LogP contribution is -2.25. The van der Waals surface area contributed by atoms with Crippen molar-refractivity contribution in [3.05, 3.63) is 23.8 Å². The quantitative estimate of drug-likeness (QED) is 0.708. The predicted molar refractivity (Wildman–Crippen MR) is 102 cm³/mol. The lowest BCUT2D eigenvalue weighted by atomic mass is 10.2. The van der Waals surface area contributed by atoms with Gasteiger partial charge in [-0.05, 0) is 38.0 Å². The highest BCUT2D eigenvalue weighted by molar-refractivity contribution is 5.47. The average Bonchev–Trinajstić information content (AvgIpc) is 3.13. The maximum atomic E-state index is 5.43. The Morgan fingerprint density at radius 2 is 1.69 bits per heavy atom. The van der Waals surface area contributed by atoms with E-state index < -0.39 is 0 Å². The van der Waals surface area contributed by atoms with E-state index in [-0.39, 0.29) is 6.79 Å². The molecule has 0 fully saturated rings. The molecule has 3 rings (SSSR count). The number of hydrogen-bond acceptors (Lipinski definition) is 8. The van der Waals surface area contributed by atoms with Crippen LogP contribution in [0.3, 0.4) is 0 Å². The van der Waals surface area contributed by atoms with Crippen LogP contribution < -0.4 is 25.0 Å². The van der Waals surface area contributed by atoms with Crippen molar-refractivity contribution in [3.63, 3.8) is 0 Å². The van der Waals surface area contributed by atoms with Gasteiger partial charge in [-0.2, -0.15) is 15.0 Å². The fraction of sp³-hybridized carbons (Fsp3) is 0.500. The van der Waals surface area contributed by atoms with Crippen LogP contribution in [0.15, 0.2) is 18.2 Å². The van der Waals surface area contributed by atoms with Gasteiger partial charge in [0, 0.05) is 26.2 Å². The van der Waals surface area contributed by atoms with Crippen molar-refractivity contribution >= 4 is 17.8 Å². The van der Waals surface area contributed by atoms with E-state index in [1.165, 1.54) is 0 Å². The van der Waals surface area contributed by atoms with Gasteiger partial charge in [-0.25, -0.2) is 0 Å². The number of ether oxygens (including phenoxy) is 2. The zero-order valence-electron chi connectivity index (χ0n) is 15.6. The lowest BCUT2D eigenvalue weighted by molar-refractivity contribution is 0.174. The number of hydrogen-bond donors (Lipinski definition) is 2. The second kappa shape index (κ2) is 8.55. The summed E-state index contributed by atoms with van der Waals surface area (Å²) >= 11 is 0. The van der Waals surface area contributed by atoms with Crippen LogP contribution in [0.1, 0.15) is 32.8 Å². The molecule has 0 saturated heterocycles. The molecule has 2 aromatic rings. The van der Waals surface area contributed by atoms with Gasteiger partial charge < -0.3 is 25.0 Å². The van der Waals surface area contributed by atoms with Crippen LogP contribution in [-0.2, 0) is 6.54 Å². The molecule has 8 nitrogen and oxygen atoms in total. The van der Waals surface area contributed by atoms with Gasteiger partial charge >= 0.3 is 0 Å². The van der Waals surface area contributed by atoms with E-state index in [4.69, 9.17) is 9.47 Å². The third kappa shape index (κ3) is 4.25. The van der Waals surface area contributed by atoms with Crippen molar-refractivity contribution in [1.29, 1.82) is 0 Å². The van der Waals surface area contributed by atoms with Gasteiger partial charge in [0.2, 0.25) is 24.6 Å². The first-order valence-corrected chi connectivity index (χ1v) is 9.10. The molecule has 0 bridgehead atoms. The molecule has 2 heterocycles. The zero-order chi connectivity index (χ0) is 18.4. The zero-order valence-corrected chi connectivity index (χ0v) is 15.6. The fourth-order valence-corrected chi connectivity index (χ4v) is 2.64. The first kappa shape index (κ1) is 18.0. The summed E-state index contributed by atoms with van der Waals surface area (Å²) < 4.78 is 10.8. The van der Waals surface area contributed by atoms with Crippen molar-refractivity contribution in [3.8, 4) is 11.5 Å². The normalized spacial score (nSPS) is 12.1. The monoisotopic (exact) mass is 358 g/mol. The van der Waals surface area contributed by atoms with Crippen molar-refractivity contribution in [1.82, 2.24) is 15.0 Å². The van der Waals surface area contributed by atoms with Gasteiger partial charge in [-0.15, -0.1) is 0 Å². The number of nitrogens with zero attached hydrogens (tertiary/aromatic N) is 4. The molecule has 0 amide bonds. The van der Waals surface area contributed by atoms with Gasteiger partial charge in [0.1, 0.15) is 0 Å². The first-order valence-electron chi connectivity index (χ1n) is 9.10. The van der Waals surface area contributed by atoms with Crippen LogP contribution in [0.4, 0.5) is 17.8 Å². The molecule has 0 spiro atoms. The molecule has 1 aromatic heterocycles. The van der Waals surface area contributed by atoms with E-state index in [1.54, 1.807) is 0 Å². The summed E-state index contributed by atoms with van der Waals surface area (Å²) in [5.74, 6) is 3.38. The van der Waals surface area contributed by atoms with Crippen LogP contribution in [0.2, 0.25) is 0 Å². The predicted octanol–water partition coefficient (Wildman–Crippen LogP) is 2.88. The largest absolute Gasteiger partial charge is 0.454 e. The summed E-state index contributed by atoms with van der Waals surface area (Å²) in [4.78, 5) is 15.7. The highest BCUT2D eigenvalue weighted by Gasteiger charge is 2.14. The summed E-state index contributed by atoms with van der Waals surface area (Å²) in [6, 6.07) is 5.89. The van der Waals surface area contributed by atoms with Crippen molar-refractivity contribution < 1.29 is 9.47 Å². The summed E-state index contributed by atoms with van der Waals surface area (Å²) in [5.41, 5.74) is 1.07. The number of anilines is 3. The summed E-state index contributed by atoms with van der Waals surface area (Å²) in [6.45, 7) is 9.66. The molecule has 26 heavy (non-hydrogen) atoms. The second-order valence-electron chi connectivity index (χ2n) is 5.92. The molecule has 0 aliphatic carbocycles. The molecule has 1 aliphatic rings. The van der Waals surface area contributed by atoms with E-state index in [0.29, 0.717) is 24.4 Å². The summed E-state index contributed by atoms with van der Waals surface area (Å²) in [7, 11) is 0. The second-order valence-corrected chi connectivity index (χ2v) is 5.92. The molecular weight excluding hydrogens is 332 g/mol. The van der Waals surface area contributed by atoms with E-state index in [1.807, 2.05) is 18.2 Å². The molecule has 1 aliphatic heterocycles. The Balaban J connectivity index is 1.75. The minimum atomic E-state index is 0.277. The Morgan fingerprint density at radius 3 is 2.42 bits per heavy atom. The maximum absolute atomic E-state index is 5.43. The third-order valence-electron chi connectivity index (χ3n) is 4.09. The van der Waals surface area contributed by atoms with Crippen LogP contribution in [0, 0.1) is 0 Å². The standard InChI is InChI=1S/C18H26N6O2/c1-4-9-19-16-21-17(23-18(22-16)24(5-2)6-3)20-11-13-7-8-14-15(10-13)26-12-25-14/h7-8,10H,4-6,9,11-12H2,1-3H3,(H2,19,20,21,22,23). The van der Waals surface area contributed by atoms with E-state index in [2.05, 4.69) is 51.3 Å². The number of rotatable bonds is 9. The number of nitrogens with one attached hydrogen (secondary N) is 2. The van der Waals surface area contributed by atoms with Gasteiger partial charge in [0.15, 0.2) is 11.5 Å². The molecule has 0 saturated carbocycles. The van der Waals surface area contributed by atoms with Gasteiger partial charge in [-0.1, -0.05) is 13.0 Å². The average molecular weight is 358 g/mol. The third-order valence-corrected chi connectivity index (χ3v) is 4.09. The molecule has 8 heteroatoms. The Labute approximate surface area is 154 Å². The maximum Gasteiger partial charge on any atom is 0.231 e. The Hall–Kier alpha value is -2.77. The Morgan fingerprint density at radius 1 is 0.962 bits per heavy atom. The first-order chi connectivity index (χ1) is 12.7. The van der Waals surface area contributed by atoms with Crippen molar-refractivity contribution in [2.75, 3.05) is 42.0 Å². The SMILES string of the molecule is CCCNc1nc(NCc2ccc3c(c2)OCO3)nc(N(CC)CC)n1. The highest BCUT2D eigenvalue weighted by atomic mass is 16.7. The van der Waals surface area contributed by atoms with Gasteiger partial charge in [0.25, 0.3) is 0 Å². The minimum absolute atomic E-state index is 0.277. The minimum Gasteiger partial charge on any atom is -0.454 e. The van der Waals surface area contributed by atoms with E-state index >= 15 is 0 Å². The van der Waals surface area contributed by atoms with Crippen LogP contribution >= 0.6 is 0 Å². The van der Waals surface area contributed by atoms with Crippen LogP contribution in [-0.4, -0.2) is 41.4 Å². The van der Waals surface area contributed by atoms with Crippen LogP contribution in [0.25, 0.3) is 0 Å². The molecule has 1 aromatic carbocycles. The summed E-state index contributed by atoms with van der Waals surface area (Å²) in [5, 5.41) is 6.53. The number of benzene rings is 1. The molecule has 0 unspecified atom stereocenters. The smallest absolute Gasteiger partial charge is 0.231 e. The lowest BCUT2D eigenvalue weighted by Gasteiger charge is -2.19. The van der Waals surface area contributed by atoms with Crippen molar-refractivity contribution in [2.24, 2.45) is 0 Å². The number of fused-ring (bicyclic) bond motifs is 1. The van der Waals surface area contributed by atoms with Gasteiger partial charge in [0.05, 0.1) is 0 Å². The molecule has 0 radical (unpaired) electrons. The van der Waals surface area contributed by atoms with Gasteiger partial charge in [-0.3, -0.25) is 0 Å². The highest BCUT2D eigenvalue weighted by Crippen LogP contribution is 2.32. The van der Waals surface area contributed by atoms with E-state index in [9.17, 15) is 0 Å². The molecule has 140 valence electrons. The van der Waals surface area contributed by atoms with E-state index in [0.717, 1.165) is 43.1 Å². The summed E-state index contributed by atoms with van der Waals surface area (Å²) in [6.07, 6.45) is 1.01. The number of aromatic nitrogens is 3. The van der Waals surface area contributed by atoms with Crippen LogP contribution in [0.5, 0.6) is 11.5 Å². The molecule has 2 N–H and O–H groups in total. The molecular formula is C18H26N6O2. The fourth-order valence-electron chi connectivity index (χ4n) is 2.64. The van der Waals surface area contributed by atoms with Crippen molar-refractivity contribution in [2.45, 2.75) is 33.7 Å². The topological polar surface area (TPSA) is 84.4 Å².